The van der Waals surface area contributed by atoms with E-state index in [-0.39, 0.29) is 0 Å². The molecule has 0 aliphatic heterocycles. The summed E-state index contributed by atoms with van der Waals surface area (Å²) in [6.07, 6.45) is 0. The highest BCUT2D eigenvalue weighted by Crippen LogP contribution is 2.27. The maximum Gasteiger partial charge on any atom is 0.227 e. The molecule has 0 unspecified atom stereocenters. The molecule has 0 fully saturated rings. The van der Waals surface area contributed by atoms with Gasteiger partial charge in [-0.2, -0.15) is 0 Å². The number of nitrogens with two attached hydrogens (primary N) is 1. The normalized spacial score (nSPS) is 11.1. The van der Waals surface area contributed by atoms with Gasteiger partial charge >= 0.3 is 0 Å². The first-order chi connectivity index (χ1) is 17.5. The molecule has 0 saturated heterocycles. The monoisotopic (exact) mass is 470 g/mol. The molecule has 0 aliphatic rings. The van der Waals surface area contributed by atoms with Gasteiger partial charge in [-0.3, -0.25) is 0 Å². The lowest BCUT2D eigenvalue weighted by atomic mass is 10.1. The van der Waals surface area contributed by atoms with E-state index < -0.39 is 0 Å². The van der Waals surface area contributed by atoms with Crippen LogP contribution in [0.15, 0.2) is 98.8 Å². The highest BCUT2D eigenvalue weighted by atomic mass is 16.4. The SMILES string of the molecule is Cc1ccc2oc(-c3ccc(N=C=C(N)c4ccc(-c5nc6cc(C)ccc6o5)cc4)cc3)nc2c1. The van der Waals surface area contributed by atoms with Gasteiger partial charge in [-0.05, 0) is 85.6 Å². The summed E-state index contributed by atoms with van der Waals surface area (Å²) in [5.41, 5.74) is 15.5. The average Bonchev–Trinajstić information content (AvgIpc) is 3.51. The van der Waals surface area contributed by atoms with Crippen molar-refractivity contribution in [2.24, 2.45) is 10.7 Å². The molecule has 0 spiro atoms. The summed E-state index contributed by atoms with van der Waals surface area (Å²) in [7, 11) is 0. The first-order valence-electron chi connectivity index (χ1n) is 11.6. The van der Waals surface area contributed by atoms with E-state index in [1.165, 1.54) is 0 Å². The van der Waals surface area contributed by atoms with Crippen molar-refractivity contribution in [2.75, 3.05) is 0 Å². The van der Waals surface area contributed by atoms with Crippen LogP contribution in [0, 0.1) is 13.8 Å². The maximum atomic E-state index is 6.23. The van der Waals surface area contributed by atoms with Crippen LogP contribution in [-0.2, 0) is 0 Å². The fourth-order valence-electron chi connectivity index (χ4n) is 3.98. The van der Waals surface area contributed by atoms with E-state index in [9.17, 15) is 0 Å². The van der Waals surface area contributed by atoms with Crippen LogP contribution in [0.3, 0.4) is 0 Å². The van der Waals surface area contributed by atoms with Crippen LogP contribution in [0.2, 0.25) is 0 Å². The van der Waals surface area contributed by atoms with E-state index in [1.54, 1.807) is 0 Å². The predicted octanol–water partition coefficient (Wildman–Crippen LogP) is 7.22. The highest BCUT2D eigenvalue weighted by Gasteiger charge is 2.10. The van der Waals surface area contributed by atoms with Gasteiger partial charge in [0.05, 0.1) is 5.69 Å². The zero-order chi connectivity index (χ0) is 24.6. The molecule has 0 amide bonds. The molecule has 6 heteroatoms. The van der Waals surface area contributed by atoms with Crippen LogP contribution in [0.1, 0.15) is 16.7 Å². The average molecular weight is 471 g/mol. The molecule has 6 nitrogen and oxygen atoms in total. The third-order valence-electron chi connectivity index (χ3n) is 5.95. The van der Waals surface area contributed by atoms with Gasteiger partial charge in [0.25, 0.3) is 0 Å². The number of fused-ring (bicyclic) bond motifs is 2. The Labute approximate surface area is 207 Å². The minimum atomic E-state index is 0.438. The summed E-state index contributed by atoms with van der Waals surface area (Å²) in [4.78, 5) is 13.6. The predicted molar refractivity (Wildman–Crippen MR) is 143 cm³/mol. The first kappa shape index (κ1) is 21.6. The van der Waals surface area contributed by atoms with Crippen molar-refractivity contribution in [2.45, 2.75) is 13.8 Å². The Hall–Kier alpha value is -4.93. The smallest absolute Gasteiger partial charge is 0.227 e. The molecule has 6 aromatic rings. The van der Waals surface area contributed by atoms with Gasteiger partial charge in [-0.15, -0.1) is 0 Å². The quantitative estimate of drug-likeness (QED) is 0.275. The molecule has 0 atom stereocenters. The summed E-state index contributed by atoms with van der Waals surface area (Å²) in [6, 6.07) is 27.2. The summed E-state index contributed by atoms with van der Waals surface area (Å²) >= 11 is 0. The lowest BCUT2D eigenvalue weighted by Crippen LogP contribution is -1.96. The Morgan fingerprint density at radius 1 is 0.694 bits per heavy atom. The van der Waals surface area contributed by atoms with Crippen molar-refractivity contribution in [3.8, 4) is 22.9 Å². The van der Waals surface area contributed by atoms with E-state index in [1.807, 2.05) is 98.8 Å². The number of hydrogen-bond donors (Lipinski definition) is 1. The third kappa shape index (κ3) is 4.17. The number of aliphatic imine (C=N–C) groups is 1. The number of oxazole rings is 2. The lowest BCUT2D eigenvalue weighted by Gasteiger charge is -2.00. The Balaban J connectivity index is 1.21. The number of aromatic nitrogens is 2. The molecule has 2 N–H and O–H groups in total. The standard InChI is InChI=1S/C30H22N4O2/c1-18-3-13-27-25(15-18)33-29(35-27)21-7-5-20(6-8-21)24(31)17-32-23-11-9-22(10-12-23)30-34-26-16-19(2)4-14-28(26)36-30/h3-16H,31H2,1-2H3. The number of benzene rings is 4. The molecular weight excluding hydrogens is 448 g/mol. The Morgan fingerprint density at radius 3 is 1.72 bits per heavy atom. The number of rotatable bonds is 4. The van der Waals surface area contributed by atoms with Gasteiger partial charge in [-0.1, -0.05) is 24.3 Å². The second-order valence-corrected chi connectivity index (χ2v) is 8.74. The molecule has 0 aliphatic carbocycles. The van der Waals surface area contributed by atoms with Gasteiger partial charge in [0.1, 0.15) is 16.7 Å². The summed E-state index contributed by atoms with van der Waals surface area (Å²) in [5, 5.41) is 0. The fourth-order valence-corrected chi connectivity index (χ4v) is 3.98. The van der Waals surface area contributed by atoms with Crippen LogP contribution < -0.4 is 5.73 Å². The van der Waals surface area contributed by atoms with Gasteiger partial charge in [0.2, 0.25) is 11.8 Å². The van der Waals surface area contributed by atoms with E-state index in [4.69, 9.17) is 14.6 Å². The molecule has 174 valence electrons. The van der Waals surface area contributed by atoms with Crippen molar-refractivity contribution >= 4 is 39.5 Å². The number of hydrogen-bond acceptors (Lipinski definition) is 6. The minimum Gasteiger partial charge on any atom is -0.436 e. The molecule has 0 saturated carbocycles. The molecule has 0 radical (unpaired) electrons. The van der Waals surface area contributed by atoms with E-state index in [0.717, 1.165) is 55.7 Å². The fraction of sp³-hybridized carbons (Fsp3) is 0.0667. The molecule has 36 heavy (non-hydrogen) atoms. The van der Waals surface area contributed by atoms with Crippen molar-refractivity contribution in [1.29, 1.82) is 0 Å². The minimum absolute atomic E-state index is 0.438. The summed E-state index contributed by atoms with van der Waals surface area (Å²) in [5.74, 6) is 4.09. The second kappa shape index (κ2) is 8.69. The summed E-state index contributed by atoms with van der Waals surface area (Å²) < 4.78 is 11.8. The van der Waals surface area contributed by atoms with Crippen LogP contribution in [0.4, 0.5) is 5.69 Å². The van der Waals surface area contributed by atoms with E-state index >= 15 is 0 Å². The first-order valence-corrected chi connectivity index (χ1v) is 11.6. The maximum absolute atomic E-state index is 6.23. The number of aryl methyl sites for hydroxylation is 2. The molecular formula is C30H22N4O2. The van der Waals surface area contributed by atoms with Gasteiger partial charge in [-0.25, -0.2) is 15.0 Å². The van der Waals surface area contributed by atoms with E-state index in [2.05, 4.69) is 20.8 Å². The highest BCUT2D eigenvalue weighted by molar-refractivity contribution is 5.89. The topological polar surface area (TPSA) is 90.4 Å². The molecule has 2 heterocycles. The summed E-state index contributed by atoms with van der Waals surface area (Å²) in [6.45, 7) is 4.07. The van der Waals surface area contributed by atoms with Crippen LogP contribution >= 0.6 is 0 Å². The Bertz CT molecular complexity index is 1790. The van der Waals surface area contributed by atoms with E-state index in [0.29, 0.717) is 17.5 Å². The Kier molecular flexibility index (Phi) is 5.21. The van der Waals surface area contributed by atoms with Crippen molar-refractivity contribution < 1.29 is 8.83 Å². The van der Waals surface area contributed by atoms with Crippen molar-refractivity contribution in [3.63, 3.8) is 0 Å². The zero-order valence-electron chi connectivity index (χ0n) is 19.8. The van der Waals surface area contributed by atoms with Gasteiger partial charge < -0.3 is 14.6 Å². The van der Waals surface area contributed by atoms with Crippen LogP contribution in [0.5, 0.6) is 0 Å². The van der Waals surface area contributed by atoms with Gasteiger partial charge in [0, 0.05) is 22.6 Å². The molecule has 2 aromatic heterocycles. The molecule has 0 bridgehead atoms. The van der Waals surface area contributed by atoms with Crippen molar-refractivity contribution in [1.82, 2.24) is 9.97 Å². The molecule has 4 aromatic carbocycles. The second-order valence-electron chi connectivity index (χ2n) is 8.74. The molecule has 6 rings (SSSR count). The Morgan fingerprint density at radius 2 is 1.19 bits per heavy atom. The van der Waals surface area contributed by atoms with Crippen molar-refractivity contribution in [3.05, 3.63) is 102 Å². The zero-order valence-corrected chi connectivity index (χ0v) is 19.8. The third-order valence-corrected chi connectivity index (χ3v) is 5.95. The van der Waals surface area contributed by atoms with Crippen LogP contribution in [0.25, 0.3) is 50.8 Å². The largest absolute Gasteiger partial charge is 0.436 e. The number of nitrogens with zero attached hydrogens (tertiary/aromatic N) is 3. The van der Waals surface area contributed by atoms with Crippen LogP contribution in [-0.4, -0.2) is 15.8 Å². The lowest BCUT2D eigenvalue weighted by molar-refractivity contribution is 0.619. The van der Waals surface area contributed by atoms with Gasteiger partial charge in [0.15, 0.2) is 11.2 Å².